The number of hydrogen-bond acceptors (Lipinski definition) is 4. The smallest absolute Gasteiger partial charge is 0.276 e. The second-order valence-electron chi connectivity index (χ2n) is 4.12. The van der Waals surface area contributed by atoms with Crippen molar-refractivity contribution in [2.75, 3.05) is 25.9 Å². The lowest BCUT2D eigenvalue weighted by Gasteiger charge is -2.15. The number of amides is 2. The van der Waals surface area contributed by atoms with Crippen molar-refractivity contribution in [3.05, 3.63) is 11.9 Å². The molecule has 0 aliphatic heterocycles. The van der Waals surface area contributed by atoms with Gasteiger partial charge in [0.25, 0.3) is 5.91 Å². The molecule has 0 radical (unpaired) electrons. The highest BCUT2D eigenvalue weighted by molar-refractivity contribution is 5.98. The van der Waals surface area contributed by atoms with E-state index in [4.69, 9.17) is 5.73 Å². The molecule has 0 aliphatic carbocycles. The number of hydrogen-bond donors (Lipinski definition) is 2. The fourth-order valence-electron chi connectivity index (χ4n) is 1.46. The van der Waals surface area contributed by atoms with Crippen LogP contribution in [0.5, 0.6) is 0 Å². The summed E-state index contributed by atoms with van der Waals surface area (Å²) in [5.41, 5.74) is 6.14. The van der Waals surface area contributed by atoms with Crippen molar-refractivity contribution in [3.63, 3.8) is 0 Å². The predicted octanol–water partition coefficient (Wildman–Crippen LogP) is -0.399. The monoisotopic (exact) mass is 253 g/mol. The van der Waals surface area contributed by atoms with E-state index in [1.54, 1.807) is 20.3 Å². The highest BCUT2D eigenvalue weighted by atomic mass is 16.2. The maximum atomic E-state index is 12.0. The van der Waals surface area contributed by atoms with Crippen LogP contribution in [0.25, 0.3) is 0 Å². The van der Waals surface area contributed by atoms with Crippen LogP contribution in [0.15, 0.2) is 6.20 Å². The Morgan fingerprint density at radius 1 is 1.56 bits per heavy atom. The molecule has 7 heteroatoms. The van der Waals surface area contributed by atoms with E-state index in [2.05, 4.69) is 10.4 Å². The lowest BCUT2D eigenvalue weighted by Crippen LogP contribution is -2.38. The summed E-state index contributed by atoms with van der Waals surface area (Å²) in [6, 6.07) is 0. The summed E-state index contributed by atoms with van der Waals surface area (Å²) in [4.78, 5) is 24.7. The van der Waals surface area contributed by atoms with Crippen molar-refractivity contribution in [2.24, 2.45) is 7.05 Å². The third kappa shape index (κ3) is 3.47. The van der Waals surface area contributed by atoms with Gasteiger partial charge in [-0.2, -0.15) is 5.10 Å². The van der Waals surface area contributed by atoms with Gasteiger partial charge in [0.15, 0.2) is 5.69 Å². The molecule has 0 unspecified atom stereocenters. The molecule has 0 atom stereocenters. The largest absolute Gasteiger partial charge is 0.396 e. The first kappa shape index (κ1) is 14.0. The summed E-state index contributed by atoms with van der Waals surface area (Å²) < 4.78 is 1.47. The van der Waals surface area contributed by atoms with Gasteiger partial charge in [0.2, 0.25) is 5.91 Å². The van der Waals surface area contributed by atoms with Gasteiger partial charge in [-0.05, 0) is 6.42 Å². The van der Waals surface area contributed by atoms with Gasteiger partial charge in [0.1, 0.15) is 0 Å². The summed E-state index contributed by atoms with van der Waals surface area (Å²) >= 11 is 0. The third-order valence-corrected chi connectivity index (χ3v) is 2.36. The zero-order chi connectivity index (χ0) is 13.7. The van der Waals surface area contributed by atoms with Crippen LogP contribution in [-0.2, 0) is 11.8 Å². The van der Waals surface area contributed by atoms with Crippen molar-refractivity contribution >= 4 is 17.5 Å². The number of nitrogen functional groups attached to an aromatic ring is 1. The predicted molar refractivity (Wildman–Crippen MR) is 67.9 cm³/mol. The van der Waals surface area contributed by atoms with Crippen LogP contribution in [0, 0.1) is 0 Å². The van der Waals surface area contributed by atoms with E-state index < -0.39 is 0 Å². The van der Waals surface area contributed by atoms with Crippen molar-refractivity contribution in [1.29, 1.82) is 0 Å². The molecule has 0 fully saturated rings. The van der Waals surface area contributed by atoms with Crippen LogP contribution in [0.1, 0.15) is 23.8 Å². The van der Waals surface area contributed by atoms with Gasteiger partial charge in [0.05, 0.1) is 12.2 Å². The molecule has 1 aromatic heterocycles. The number of aromatic nitrogens is 2. The maximum absolute atomic E-state index is 12.0. The first-order valence-corrected chi connectivity index (χ1v) is 5.77. The van der Waals surface area contributed by atoms with E-state index in [1.165, 1.54) is 9.58 Å². The van der Waals surface area contributed by atoms with Crippen LogP contribution < -0.4 is 11.1 Å². The number of nitrogens with one attached hydrogen (secondary N) is 1. The number of anilines is 1. The molecule has 100 valence electrons. The van der Waals surface area contributed by atoms with Gasteiger partial charge < -0.3 is 16.0 Å². The number of carbonyl (C=O) groups excluding carboxylic acids is 2. The molecule has 18 heavy (non-hydrogen) atoms. The SMILES string of the molecule is CCCNC(=O)CN(C)C(=O)c1nn(C)cc1N. The summed E-state index contributed by atoms with van der Waals surface area (Å²) in [7, 11) is 3.23. The highest BCUT2D eigenvalue weighted by Gasteiger charge is 2.19. The molecule has 0 spiro atoms. The number of likely N-dealkylation sites (N-methyl/N-ethyl adjacent to an activating group) is 1. The van der Waals surface area contributed by atoms with Crippen LogP contribution in [-0.4, -0.2) is 46.6 Å². The van der Waals surface area contributed by atoms with Gasteiger partial charge in [-0.25, -0.2) is 0 Å². The van der Waals surface area contributed by atoms with Crippen LogP contribution in [0.4, 0.5) is 5.69 Å². The second kappa shape index (κ2) is 6.04. The zero-order valence-corrected chi connectivity index (χ0v) is 10.9. The van der Waals surface area contributed by atoms with Gasteiger partial charge in [0, 0.05) is 26.8 Å². The molecule has 0 saturated carbocycles. The summed E-state index contributed by atoms with van der Waals surface area (Å²) in [6.07, 6.45) is 2.41. The molecule has 1 rings (SSSR count). The standard InChI is InChI=1S/C11H19N5O2/c1-4-5-13-9(17)7-15(2)11(18)10-8(12)6-16(3)14-10/h6H,4-5,7,12H2,1-3H3,(H,13,17). The molecule has 0 bridgehead atoms. The zero-order valence-electron chi connectivity index (χ0n) is 10.9. The molecule has 0 saturated heterocycles. The summed E-state index contributed by atoms with van der Waals surface area (Å²) in [5, 5.41) is 6.67. The van der Waals surface area contributed by atoms with Crippen molar-refractivity contribution < 1.29 is 9.59 Å². The first-order chi connectivity index (χ1) is 8.45. The lowest BCUT2D eigenvalue weighted by atomic mass is 10.3. The topological polar surface area (TPSA) is 93.2 Å². The van der Waals surface area contributed by atoms with E-state index >= 15 is 0 Å². The Kier molecular flexibility index (Phi) is 4.70. The Hall–Kier alpha value is -2.05. The van der Waals surface area contributed by atoms with Gasteiger partial charge in [-0.15, -0.1) is 0 Å². The summed E-state index contributed by atoms with van der Waals surface area (Å²) in [5.74, 6) is -0.554. The van der Waals surface area contributed by atoms with E-state index in [1.807, 2.05) is 6.92 Å². The fourth-order valence-corrected chi connectivity index (χ4v) is 1.46. The Labute approximate surface area is 106 Å². The molecule has 1 heterocycles. The third-order valence-electron chi connectivity index (χ3n) is 2.36. The Morgan fingerprint density at radius 2 is 2.22 bits per heavy atom. The van der Waals surface area contributed by atoms with Gasteiger partial charge in [-0.3, -0.25) is 14.3 Å². The number of carbonyl (C=O) groups is 2. The van der Waals surface area contributed by atoms with Crippen LogP contribution in [0.2, 0.25) is 0 Å². The van der Waals surface area contributed by atoms with E-state index in [0.29, 0.717) is 12.2 Å². The average molecular weight is 253 g/mol. The van der Waals surface area contributed by atoms with E-state index in [0.717, 1.165) is 6.42 Å². The molecular formula is C11H19N5O2. The Morgan fingerprint density at radius 3 is 2.72 bits per heavy atom. The van der Waals surface area contributed by atoms with E-state index in [-0.39, 0.29) is 24.1 Å². The Balaban J connectivity index is 2.61. The average Bonchev–Trinajstić information content (AvgIpc) is 2.64. The minimum atomic E-state index is -0.361. The van der Waals surface area contributed by atoms with Gasteiger partial charge >= 0.3 is 0 Å². The van der Waals surface area contributed by atoms with Crippen molar-refractivity contribution in [2.45, 2.75) is 13.3 Å². The summed E-state index contributed by atoms with van der Waals surface area (Å²) in [6.45, 7) is 2.56. The minimum absolute atomic E-state index is 0.00511. The molecule has 1 aromatic rings. The fraction of sp³-hybridized carbons (Fsp3) is 0.545. The molecular weight excluding hydrogens is 234 g/mol. The molecule has 2 amide bonds. The minimum Gasteiger partial charge on any atom is -0.396 e. The highest BCUT2D eigenvalue weighted by Crippen LogP contribution is 2.10. The quantitative estimate of drug-likeness (QED) is 0.746. The molecule has 0 aliphatic rings. The number of nitrogens with zero attached hydrogens (tertiary/aromatic N) is 3. The molecule has 3 N–H and O–H groups in total. The van der Waals surface area contributed by atoms with Crippen LogP contribution >= 0.6 is 0 Å². The maximum Gasteiger partial charge on any atom is 0.276 e. The van der Waals surface area contributed by atoms with Gasteiger partial charge in [-0.1, -0.05) is 6.92 Å². The normalized spacial score (nSPS) is 10.2. The number of rotatable bonds is 5. The number of aryl methyl sites for hydroxylation is 1. The molecule has 7 nitrogen and oxygen atoms in total. The first-order valence-electron chi connectivity index (χ1n) is 5.77. The van der Waals surface area contributed by atoms with E-state index in [9.17, 15) is 9.59 Å². The Bertz CT molecular complexity index is 441. The van der Waals surface area contributed by atoms with Crippen LogP contribution in [0.3, 0.4) is 0 Å². The van der Waals surface area contributed by atoms with Crippen molar-refractivity contribution in [3.8, 4) is 0 Å². The lowest BCUT2D eigenvalue weighted by molar-refractivity contribution is -0.121. The molecule has 0 aromatic carbocycles. The second-order valence-corrected chi connectivity index (χ2v) is 4.12. The van der Waals surface area contributed by atoms with Crippen molar-refractivity contribution in [1.82, 2.24) is 20.0 Å². The number of nitrogens with two attached hydrogens (primary N) is 1.